The second kappa shape index (κ2) is 8.58. The number of rotatable bonds is 8. The lowest BCUT2D eigenvalue weighted by Crippen LogP contribution is -2.40. The van der Waals surface area contributed by atoms with Gasteiger partial charge in [-0.1, -0.05) is 12.1 Å². The topological polar surface area (TPSA) is 55.5 Å². The average molecular weight is 356 g/mol. The number of hydrogen-bond donors (Lipinski definition) is 3. The predicted octanol–water partition coefficient (Wildman–Crippen LogP) is 3.06. The average Bonchev–Trinajstić information content (AvgIpc) is 3.40. The van der Waals surface area contributed by atoms with E-state index in [1.165, 1.54) is 34.9 Å². The number of aromatic nitrogens is 1. The van der Waals surface area contributed by atoms with Crippen LogP contribution in [0.25, 0.3) is 10.9 Å². The molecule has 0 radical (unpaired) electrons. The van der Waals surface area contributed by atoms with Gasteiger partial charge in [-0.05, 0) is 64.3 Å². The number of likely N-dealkylation sites (N-methyl/N-ethyl adjacent to an activating group) is 1. The fourth-order valence-corrected chi connectivity index (χ4v) is 3.36. The van der Waals surface area contributed by atoms with Gasteiger partial charge >= 0.3 is 0 Å². The maximum atomic E-state index is 4.78. The molecule has 26 heavy (non-hydrogen) atoms. The molecule has 0 amide bonds. The van der Waals surface area contributed by atoms with E-state index >= 15 is 0 Å². The Morgan fingerprint density at radius 1 is 1.35 bits per heavy atom. The number of aliphatic imine (C=N–C) groups is 1. The van der Waals surface area contributed by atoms with Crippen LogP contribution in [-0.2, 0) is 6.42 Å². The van der Waals surface area contributed by atoms with Crippen LogP contribution < -0.4 is 10.6 Å². The van der Waals surface area contributed by atoms with Crippen molar-refractivity contribution in [2.75, 3.05) is 26.7 Å². The molecular weight excluding hydrogens is 322 g/mol. The molecule has 1 aliphatic carbocycles. The van der Waals surface area contributed by atoms with E-state index in [0.29, 0.717) is 6.04 Å². The molecule has 5 heteroatoms. The third-order valence-electron chi connectivity index (χ3n) is 5.29. The second-order valence-electron chi connectivity index (χ2n) is 7.51. The van der Waals surface area contributed by atoms with Crippen LogP contribution in [0.15, 0.2) is 29.4 Å². The van der Waals surface area contributed by atoms with E-state index in [0.717, 1.165) is 38.1 Å². The zero-order valence-corrected chi connectivity index (χ0v) is 16.6. The monoisotopic (exact) mass is 355 g/mol. The normalized spacial score (nSPS) is 16.3. The lowest BCUT2D eigenvalue weighted by Gasteiger charge is -2.23. The number of nitrogens with one attached hydrogen (secondary N) is 3. The summed E-state index contributed by atoms with van der Waals surface area (Å²) in [5, 5.41) is 8.16. The molecule has 142 valence electrons. The largest absolute Gasteiger partial charge is 0.361 e. The van der Waals surface area contributed by atoms with Gasteiger partial charge in [0.2, 0.25) is 0 Å². The minimum Gasteiger partial charge on any atom is -0.361 e. The zero-order valence-electron chi connectivity index (χ0n) is 16.6. The highest BCUT2D eigenvalue weighted by Gasteiger charge is 2.28. The van der Waals surface area contributed by atoms with Crippen LogP contribution >= 0.6 is 0 Å². The summed E-state index contributed by atoms with van der Waals surface area (Å²) in [4.78, 5) is 10.6. The molecule has 1 saturated carbocycles. The number of aromatic amines is 1. The van der Waals surface area contributed by atoms with E-state index in [-0.39, 0.29) is 0 Å². The number of fused-ring (bicyclic) bond motifs is 1. The van der Waals surface area contributed by atoms with Crippen molar-refractivity contribution in [1.82, 2.24) is 20.5 Å². The highest BCUT2D eigenvalue weighted by Crippen LogP contribution is 2.26. The summed E-state index contributed by atoms with van der Waals surface area (Å²) in [6, 6.07) is 7.85. The first-order valence-corrected chi connectivity index (χ1v) is 9.89. The Bertz CT molecular complexity index is 744. The second-order valence-corrected chi connectivity index (χ2v) is 7.51. The number of benzene rings is 1. The summed E-state index contributed by atoms with van der Waals surface area (Å²) in [5.74, 6) is 0.916. The SMILES string of the molecule is CCNC(=NCC(C)N(C)C1CC1)NCCc1c[nH]c2cc(C)ccc12. The van der Waals surface area contributed by atoms with Gasteiger partial charge in [-0.3, -0.25) is 9.89 Å². The minimum atomic E-state index is 0.481. The van der Waals surface area contributed by atoms with Crippen LogP contribution in [0.1, 0.15) is 37.8 Å². The fourth-order valence-electron chi connectivity index (χ4n) is 3.36. The molecule has 2 aromatic rings. The van der Waals surface area contributed by atoms with E-state index in [2.05, 4.69) is 72.7 Å². The number of guanidine groups is 1. The predicted molar refractivity (Wildman–Crippen MR) is 111 cm³/mol. The van der Waals surface area contributed by atoms with E-state index in [1.807, 2.05) is 0 Å². The smallest absolute Gasteiger partial charge is 0.191 e. The van der Waals surface area contributed by atoms with Crippen LogP contribution in [0.2, 0.25) is 0 Å². The maximum absolute atomic E-state index is 4.78. The Labute approximate surface area is 157 Å². The summed E-state index contributed by atoms with van der Waals surface area (Å²) >= 11 is 0. The van der Waals surface area contributed by atoms with E-state index in [9.17, 15) is 0 Å². The van der Waals surface area contributed by atoms with Gasteiger partial charge in [-0.25, -0.2) is 0 Å². The van der Waals surface area contributed by atoms with E-state index in [4.69, 9.17) is 4.99 Å². The number of H-pyrrole nitrogens is 1. The Morgan fingerprint density at radius 2 is 2.15 bits per heavy atom. The first kappa shape index (κ1) is 18.8. The van der Waals surface area contributed by atoms with Crippen molar-refractivity contribution in [2.45, 2.75) is 52.1 Å². The van der Waals surface area contributed by atoms with Crippen molar-refractivity contribution in [3.8, 4) is 0 Å². The molecule has 0 spiro atoms. The van der Waals surface area contributed by atoms with Gasteiger partial charge in [0.05, 0.1) is 6.54 Å². The Morgan fingerprint density at radius 3 is 2.88 bits per heavy atom. The first-order chi connectivity index (χ1) is 12.6. The lowest BCUT2D eigenvalue weighted by atomic mass is 10.1. The summed E-state index contributed by atoms with van der Waals surface area (Å²) in [7, 11) is 2.22. The molecule has 5 nitrogen and oxygen atoms in total. The quantitative estimate of drug-likeness (QED) is 0.504. The van der Waals surface area contributed by atoms with Crippen LogP contribution in [0.4, 0.5) is 0 Å². The number of aryl methyl sites for hydroxylation is 1. The minimum absolute atomic E-state index is 0.481. The van der Waals surface area contributed by atoms with E-state index < -0.39 is 0 Å². The molecule has 1 unspecified atom stereocenters. The molecule has 1 heterocycles. The van der Waals surface area contributed by atoms with Gasteiger partial charge in [0.25, 0.3) is 0 Å². The highest BCUT2D eigenvalue weighted by atomic mass is 15.2. The molecule has 0 aliphatic heterocycles. The lowest BCUT2D eigenvalue weighted by molar-refractivity contribution is 0.253. The van der Waals surface area contributed by atoms with Gasteiger partial charge in [-0.2, -0.15) is 0 Å². The molecular formula is C21H33N5. The van der Waals surface area contributed by atoms with Crippen LogP contribution in [-0.4, -0.2) is 54.6 Å². The van der Waals surface area contributed by atoms with Gasteiger partial charge in [0.15, 0.2) is 5.96 Å². The van der Waals surface area contributed by atoms with Crippen molar-refractivity contribution in [1.29, 1.82) is 0 Å². The summed E-state index contributed by atoms with van der Waals surface area (Å²) in [6.45, 7) is 9.08. The van der Waals surface area contributed by atoms with Crippen LogP contribution in [0.5, 0.6) is 0 Å². The molecule has 3 rings (SSSR count). The molecule has 1 aliphatic rings. The summed E-state index contributed by atoms with van der Waals surface area (Å²) < 4.78 is 0. The molecule has 3 N–H and O–H groups in total. The van der Waals surface area contributed by atoms with Gasteiger partial charge in [-0.15, -0.1) is 0 Å². The van der Waals surface area contributed by atoms with Crippen molar-refractivity contribution in [2.24, 2.45) is 4.99 Å². The Kier molecular flexibility index (Phi) is 6.20. The number of nitrogens with zero attached hydrogens (tertiary/aromatic N) is 2. The van der Waals surface area contributed by atoms with Crippen LogP contribution in [0, 0.1) is 6.92 Å². The van der Waals surface area contributed by atoms with Crippen molar-refractivity contribution in [3.05, 3.63) is 35.5 Å². The van der Waals surface area contributed by atoms with E-state index in [1.54, 1.807) is 0 Å². The molecule has 0 bridgehead atoms. The van der Waals surface area contributed by atoms with Gasteiger partial charge < -0.3 is 15.6 Å². The molecule has 1 atom stereocenters. The summed E-state index contributed by atoms with van der Waals surface area (Å²) in [6.07, 6.45) is 5.79. The fraction of sp³-hybridized carbons (Fsp3) is 0.571. The molecule has 1 fully saturated rings. The Balaban J connectivity index is 1.53. The number of hydrogen-bond acceptors (Lipinski definition) is 2. The molecule has 1 aromatic carbocycles. The third kappa shape index (κ3) is 4.79. The van der Waals surface area contributed by atoms with Crippen molar-refractivity contribution < 1.29 is 0 Å². The van der Waals surface area contributed by atoms with Gasteiger partial charge in [0.1, 0.15) is 0 Å². The van der Waals surface area contributed by atoms with Gasteiger partial charge in [0, 0.05) is 42.3 Å². The zero-order chi connectivity index (χ0) is 18.5. The molecule has 1 aromatic heterocycles. The van der Waals surface area contributed by atoms with Crippen molar-refractivity contribution in [3.63, 3.8) is 0 Å². The highest BCUT2D eigenvalue weighted by molar-refractivity contribution is 5.84. The molecule has 0 saturated heterocycles. The summed E-state index contributed by atoms with van der Waals surface area (Å²) in [5.41, 5.74) is 3.86. The standard InChI is InChI=1S/C21H33N5/c1-5-22-21(25-13-16(3)26(4)18-7-8-18)23-11-10-17-14-24-20-12-15(2)6-9-19(17)20/h6,9,12,14,16,18,24H,5,7-8,10-11,13H2,1-4H3,(H2,22,23,25). The third-order valence-corrected chi connectivity index (χ3v) is 5.29. The van der Waals surface area contributed by atoms with Crippen LogP contribution in [0.3, 0.4) is 0 Å². The maximum Gasteiger partial charge on any atom is 0.191 e. The van der Waals surface area contributed by atoms with Crippen molar-refractivity contribution >= 4 is 16.9 Å². The Hall–Kier alpha value is -2.01. The first-order valence-electron chi connectivity index (χ1n) is 9.89.